The first-order valence-electron chi connectivity index (χ1n) is 6.51. The molecule has 0 radical (unpaired) electrons. The molecule has 0 heterocycles. The van der Waals surface area contributed by atoms with E-state index in [0.717, 1.165) is 12.5 Å². The van der Waals surface area contributed by atoms with Crippen molar-refractivity contribution in [3.05, 3.63) is 0 Å². The summed E-state index contributed by atoms with van der Waals surface area (Å²) in [4.78, 5) is 13.1. The van der Waals surface area contributed by atoms with Gasteiger partial charge in [-0.05, 0) is 25.8 Å². The van der Waals surface area contributed by atoms with Crippen molar-refractivity contribution in [1.29, 1.82) is 0 Å². The maximum atomic E-state index is 10.8. The number of hydrogen-bond donors (Lipinski definition) is 1. The molecule has 3 heteroatoms. The Morgan fingerprint density at radius 3 is 2.44 bits per heavy atom. The van der Waals surface area contributed by atoms with E-state index in [1.165, 1.54) is 25.7 Å². The van der Waals surface area contributed by atoms with Crippen molar-refractivity contribution in [2.24, 2.45) is 11.8 Å². The van der Waals surface area contributed by atoms with Crippen molar-refractivity contribution in [2.45, 2.75) is 52.5 Å². The third-order valence-electron chi connectivity index (χ3n) is 3.86. The summed E-state index contributed by atoms with van der Waals surface area (Å²) in [6.07, 6.45) is 5.36. The quantitative estimate of drug-likeness (QED) is 0.727. The van der Waals surface area contributed by atoms with E-state index in [1.54, 1.807) is 6.92 Å². The fraction of sp³-hybridized carbons (Fsp3) is 0.923. The van der Waals surface area contributed by atoms with Crippen LogP contribution < -0.4 is 0 Å². The van der Waals surface area contributed by atoms with Crippen LogP contribution in [0.25, 0.3) is 0 Å². The van der Waals surface area contributed by atoms with E-state index in [-0.39, 0.29) is 5.92 Å². The van der Waals surface area contributed by atoms with E-state index in [0.29, 0.717) is 12.6 Å². The van der Waals surface area contributed by atoms with Crippen LogP contribution in [0.15, 0.2) is 0 Å². The molecule has 0 spiro atoms. The van der Waals surface area contributed by atoms with Gasteiger partial charge < -0.3 is 10.0 Å². The predicted octanol–water partition coefficient (Wildman–Crippen LogP) is 2.61. The number of carboxylic acids is 1. The van der Waals surface area contributed by atoms with Gasteiger partial charge in [0, 0.05) is 12.6 Å². The molecule has 1 N–H and O–H groups in total. The topological polar surface area (TPSA) is 40.5 Å². The first-order chi connectivity index (χ1) is 7.54. The Morgan fingerprint density at radius 1 is 1.44 bits per heavy atom. The number of nitrogens with zero attached hydrogens (tertiary/aromatic N) is 1. The molecule has 94 valence electrons. The first-order valence-corrected chi connectivity index (χ1v) is 6.51. The first kappa shape index (κ1) is 13.5. The highest BCUT2D eigenvalue weighted by atomic mass is 16.4. The molecule has 1 saturated carbocycles. The van der Waals surface area contributed by atoms with Crippen molar-refractivity contribution in [2.75, 3.05) is 13.1 Å². The van der Waals surface area contributed by atoms with E-state index in [4.69, 9.17) is 5.11 Å². The maximum Gasteiger partial charge on any atom is 0.307 e. The molecular formula is C13H25NO2. The van der Waals surface area contributed by atoms with Crippen LogP contribution >= 0.6 is 0 Å². The Morgan fingerprint density at radius 2 is 2.06 bits per heavy atom. The van der Waals surface area contributed by atoms with Crippen LogP contribution in [0.4, 0.5) is 0 Å². The monoisotopic (exact) mass is 227 g/mol. The van der Waals surface area contributed by atoms with Crippen molar-refractivity contribution in [3.63, 3.8) is 0 Å². The van der Waals surface area contributed by atoms with Crippen molar-refractivity contribution in [3.8, 4) is 0 Å². The minimum atomic E-state index is -0.686. The van der Waals surface area contributed by atoms with Gasteiger partial charge in [0.1, 0.15) is 0 Å². The van der Waals surface area contributed by atoms with Gasteiger partial charge in [-0.3, -0.25) is 4.79 Å². The van der Waals surface area contributed by atoms with Crippen LogP contribution in [0, 0.1) is 11.8 Å². The molecule has 0 aromatic carbocycles. The summed E-state index contributed by atoms with van der Waals surface area (Å²) in [5.41, 5.74) is 0. The standard InChI is InChI=1S/C13H25NO2/c1-4-14(9-10(2)13(15)16)11(3)8-12-6-5-7-12/h10-12H,4-9H2,1-3H3,(H,15,16). The molecule has 1 fully saturated rings. The number of carboxylic acid groups (broad SMARTS) is 1. The van der Waals surface area contributed by atoms with Crippen LogP contribution in [-0.2, 0) is 4.79 Å². The summed E-state index contributed by atoms with van der Waals surface area (Å²) in [7, 11) is 0. The van der Waals surface area contributed by atoms with Crippen molar-refractivity contribution in [1.82, 2.24) is 4.90 Å². The highest BCUT2D eigenvalue weighted by molar-refractivity contribution is 5.69. The normalized spacial score (nSPS) is 20.5. The average molecular weight is 227 g/mol. The van der Waals surface area contributed by atoms with E-state index < -0.39 is 5.97 Å². The molecule has 1 aliphatic carbocycles. The van der Waals surface area contributed by atoms with Gasteiger partial charge in [-0.2, -0.15) is 0 Å². The third-order valence-corrected chi connectivity index (χ3v) is 3.86. The lowest BCUT2D eigenvalue weighted by Gasteiger charge is -2.34. The molecule has 2 atom stereocenters. The number of hydrogen-bond acceptors (Lipinski definition) is 2. The lowest BCUT2D eigenvalue weighted by molar-refractivity contribution is -0.141. The molecule has 0 amide bonds. The summed E-state index contributed by atoms with van der Waals surface area (Å²) in [6.45, 7) is 7.77. The van der Waals surface area contributed by atoms with Gasteiger partial charge in [0.05, 0.1) is 5.92 Å². The average Bonchev–Trinajstić information content (AvgIpc) is 2.18. The predicted molar refractivity (Wildman–Crippen MR) is 65.5 cm³/mol. The Kier molecular flexibility index (Phi) is 5.26. The lowest BCUT2D eigenvalue weighted by Crippen LogP contribution is -2.39. The lowest BCUT2D eigenvalue weighted by atomic mass is 9.81. The zero-order chi connectivity index (χ0) is 12.1. The summed E-state index contributed by atoms with van der Waals surface area (Å²) in [5, 5.41) is 8.92. The Hall–Kier alpha value is -0.570. The molecule has 1 aliphatic rings. The second-order valence-corrected chi connectivity index (χ2v) is 5.21. The smallest absolute Gasteiger partial charge is 0.307 e. The van der Waals surface area contributed by atoms with Crippen LogP contribution in [0.5, 0.6) is 0 Å². The second kappa shape index (κ2) is 6.24. The fourth-order valence-electron chi connectivity index (χ4n) is 2.41. The number of aliphatic carboxylic acids is 1. The Bertz CT molecular complexity index is 226. The van der Waals surface area contributed by atoms with Crippen LogP contribution in [0.1, 0.15) is 46.5 Å². The van der Waals surface area contributed by atoms with Crippen molar-refractivity contribution < 1.29 is 9.90 Å². The molecular weight excluding hydrogens is 202 g/mol. The number of rotatable bonds is 7. The largest absolute Gasteiger partial charge is 0.481 e. The molecule has 0 aliphatic heterocycles. The molecule has 0 saturated heterocycles. The van der Waals surface area contributed by atoms with E-state index in [2.05, 4.69) is 18.7 Å². The van der Waals surface area contributed by atoms with Gasteiger partial charge in [-0.25, -0.2) is 0 Å². The highest BCUT2D eigenvalue weighted by Crippen LogP contribution is 2.31. The van der Waals surface area contributed by atoms with E-state index >= 15 is 0 Å². The van der Waals surface area contributed by atoms with Gasteiger partial charge in [-0.15, -0.1) is 0 Å². The second-order valence-electron chi connectivity index (χ2n) is 5.21. The van der Waals surface area contributed by atoms with Crippen LogP contribution in [0.2, 0.25) is 0 Å². The molecule has 16 heavy (non-hydrogen) atoms. The molecule has 0 aromatic heterocycles. The minimum Gasteiger partial charge on any atom is -0.481 e. The molecule has 3 nitrogen and oxygen atoms in total. The van der Waals surface area contributed by atoms with Gasteiger partial charge in [0.25, 0.3) is 0 Å². The van der Waals surface area contributed by atoms with Crippen LogP contribution in [-0.4, -0.2) is 35.1 Å². The van der Waals surface area contributed by atoms with Crippen molar-refractivity contribution >= 4 is 5.97 Å². The molecule has 0 aromatic rings. The van der Waals surface area contributed by atoms with Crippen LogP contribution in [0.3, 0.4) is 0 Å². The molecule has 0 bridgehead atoms. The Balaban J connectivity index is 2.35. The summed E-state index contributed by atoms with van der Waals surface area (Å²) < 4.78 is 0. The maximum absolute atomic E-state index is 10.8. The highest BCUT2D eigenvalue weighted by Gasteiger charge is 2.24. The zero-order valence-corrected chi connectivity index (χ0v) is 10.8. The van der Waals surface area contributed by atoms with Gasteiger partial charge >= 0.3 is 5.97 Å². The summed E-state index contributed by atoms with van der Waals surface area (Å²) >= 11 is 0. The Labute approximate surface area is 98.8 Å². The van der Waals surface area contributed by atoms with Gasteiger partial charge in [0.15, 0.2) is 0 Å². The van der Waals surface area contributed by atoms with E-state index in [9.17, 15) is 4.79 Å². The SMILES string of the molecule is CCN(CC(C)C(=O)O)C(C)CC1CCC1. The summed E-state index contributed by atoms with van der Waals surface area (Å²) in [6, 6.07) is 0.525. The third kappa shape index (κ3) is 3.78. The minimum absolute atomic E-state index is 0.260. The van der Waals surface area contributed by atoms with E-state index in [1.807, 2.05) is 0 Å². The van der Waals surface area contributed by atoms with Gasteiger partial charge in [-0.1, -0.05) is 33.1 Å². The summed E-state index contributed by atoms with van der Waals surface area (Å²) in [5.74, 6) is -0.0535. The fourth-order valence-corrected chi connectivity index (χ4v) is 2.41. The molecule has 1 rings (SSSR count). The molecule has 2 unspecified atom stereocenters. The van der Waals surface area contributed by atoms with Gasteiger partial charge in [0.2, 0.25) is 0 Å². The number of carbonyl (C=O) groups is 1. The zero-order valence-electron chi connectivity index (χ0n) is 10.8.